The third-order valence-corrected chi connectivity index (χ3v) is 5.03. The van der Waals surface area contributed by atoms with E-state index in [1.807, 2.05) is 35.8 Å². The number of rotatable bonds is 5. The molecule has 1 saturated carbocycles. The lowest BCUT2D eigenvalue weighted by Crippen LogP contribution is -2.19. The van der Waals surface area contributed by atoms with Crippen LogP contribution in [0.2, 0.25) is 0 Å². The molecule has 0 atom stereocenters. The molecular weight excluding hydrogens is 390 g/mol. The molecule has 2 heterocycles. The second-order valence-corrected chi connectivity index (χ2v) is 7.48. The van der Waals surface area contributed by atoms with Crippen molar-refractivity contribution in [2.24, 2.45) is 0 Å². The first kappa shape index (κ1) is 15.5. The highest BCUT2D eigenvalue weighted by molar-refractivity contribution is 9.10. The largest absolute Gasteiger partial charge is 0.300 e. The smallest absolute Gasteiger partial charge is 0.247 e. The van der Waals surface area contributed by atoms with Gasteiger partial charge in [-0.15, -0.1) is 16.4 Å². The maximum Gasteiger partial charge on any atom is 0.247 e. The number of nitrogens with zero attached hydrogens (tertiary/aromatic N) is 4. The minimum absolute atomic E-state index is 0.146. The van der Waals surface area contributed by atoms with Crippen molar-refractivity contribution in [3.8, 4) is 11.3 Å². The molecule has 24 heavy (non-hydrogen) atoms. The van der Waals surface area contributed by atoms with E-state index in [0.29, 0.717) is 11.0 Å². The van der Waals surface area contributed by atoms with Crippen molar-refractivity contribution in [1.29, 1.82) is 0 Å². The van der Waals surface area contributed by atoms with Gasteiger partial charge in [0.1, 0.15) is 6.54 Å². The standard InChI is InChI=1S/C16H14BrN5OS/c17-12-5-3-11(4-6-12)14-9-24-16(18-14)19-15(23)8-22-7-13(20-21-22)10-1-2-10/h3-7,9-10H,1-2,8H2,(H,18,19,23). The van der Waals surface area contributed by atoms with Crippen LogP contribution in [0.4, 0.5) is 5.13 Å². The van der Waals surface area contributed by atoms with Gasteiger partial charge < -0.3 is 5.32 Å². The lowest BCUT2D eigenvalue weighted by Gasteiger charge is -2.01. The third kappa shape index (κ3) is 3.54. The summed E-state index contributed by atoms with van der Waals surface area (Å²) in [5, 5.41) is 13.4. The summed E-state index contributed by atoms with van der Waals surface area (Å²) < 4.78 is 2.60. The number of thiazole rings is 1. The summed E-state index contributed by atoms with van der Waals surface area (Å²) >= 11 is 4.82. The molecule has 1 fully saturated rings. The number of benzene rings is 1. The molecule has 0 unspecified atom stereocenters. The van der Waals surface area contributed by atoms with Crippen LogP contribution in [-0.4, -0.2) is 25.9 Å². The van der Waals surface area contributed by atoms with Crippen LogP contribution < -0.4 is 5.32 Å². The lowest BCUT2D eigenvalue weighted by atomic mass is 10.2. The number of carbonyl (C=O) groups excluding carboxylic acids is 1. The zero-order valence-electron chi connectivity index (χ0n) is 12.6. The highest BCUT2D eigenvalue weighted by Crippen LogP contribution is 2.38. The van der Waals surface area contributed by atoms with Gasteiger partial charge in [-0.3, -0.25) is 4.79 Å². The Morgan fingerprint density at radius 3 is 2.88 bits per heavy atom. The van der Waals surface area contributed by atoms with Crippen LogP contribution in [0, 0.1) is 0 Å². The Hall–Kier alpha value is -2.06. The van der Waals surface area contributed by atoms with Gasteiger partial charge in [0.2, 0.25) is 5.91 Å². The van der Waals surface area contributed by atoms with E-state index in [-0.39, 0.29) is 12.5 Å². The summed E-state index contributed by atoms with van der Waals surface area (Å²) in [5.74, 6) is 0.383. The van der Waals surface area contributed by atoms with Gasteiger partial charge in [-0.25, -0.2) is 9.67 Å². The van der Waals surface area contributed by atoms with Crippen molar-refractivity contribution in [3.63, 3.8) is 0 Å². The molecule has 0 bridgehead atoms. The van der Waals surface area contributed by atoms with Crippen molar-refractivity contribution in [2.75, 3.05) is 5.32 Å². The van der Waals surface area contributed by atoms with E-state index in [0.717, 1.165) is 21.4 Å². The van der Waals surface area contributed by atoms with Gasteiger partial charge in [-0.2, -0.15) is 0 Å². The van der Waals surface area contributed by atoms with E-state index in [2.05, 4.69) is 36.5 Å². The van der Waals surface area contributed by atoms with E-state index >= 15 is 0 Å². The first-order valence-corrected chi connectivity index (χ1v) is 9.26. The molecule has 122 valence electrons. The van der Waals surface area contributed by atoms with E-state index in [9.17, 15) is 4.79 Å². The molecule has 1 aliphatic carbocycles. The van der Waals surface area contributed by atoms with Crippen LogP contribution >= 0.6 is 27.3 Å². The number of carbonyl (C=O) groups is 1. The number of anilines is 1. The third-order valence-electron chi connectivity index (χ3n) is 3.75. The van der Waals surface area contributed by atoms with Crippen LogP contribution in [-0.2, 0) is 11.3 Å². The maximum atomic E-state index is 12.1. The molecule has 0 radical (unpaired) electrons. The molecule has 3 aromatic rings. The summed E-state index contributed by atoms with van der Waals surface area (Å²) in [6.07, 6.45) is 4.19. The van der Waals surface area contributed by atoms with Gasteiger partial charge in [0, 0.05) is 27.5 Å². The van der Waals surface area contributed by atoms with E-state index in [1.54, 1.807) is 4.68 Å². The number of aromatic nitrogens is 4. The Balaban J connectivity index is 1.39. The normalized spacial score (nSPS) is 13.9. The predicted molar refractivity (Wildman–Crippen MR) is 95.9 cm³/mol. The summed E-state index contributed by atoms with van der Waals surface area (Å²) in [4.78, 5) is 16.6. The molecule has 6 nitrogen and oxygen atoms in total. The SMILES string of the molecule is O=C(Cn1cc(C2CC2)nn1)Nc1nc(-c2ccc(Br)cc2)cs1. The fourth-order valence-corrected chi connectivity index (χ4v) is 3.35. The Labute approximate surface area is 151 Å². The van der Waals surface area contributed by atoms with Gasteiger partial charge >= 0.3 is 0 Å². The van der Waals surface area contributed by atoms with Crippen molar-refractivity contribution in [3.05, 3.63) is 46.0 Å². The monoisotopic (exact) mass is 403 g/mol. The molecule has 8 heteroatoms. The highest BCUT2D eigenvalue weighted by atomic mass is 79.9. The summed E-state index contributed by atoms with van der Waals surface area (Å²) in [6, 6.07) is 7.91. The molecule has 4 rings (SSSR count). The zero-order chi connectivity index (χ0) is 16.5. The number of amides is 1. The molecule has 1 aliphatic rings. The first-order chi connectivity index (χ1) is 11.7. The van der Waals surface area contributed by atoms with Gasteiger partial charge in [-0.1, -0.05) is 33.3 Å². The van der Waals surface area contributed by atoms with Crippen LogP contribution in [0.25, 0.3) is 11.3 Å². The Bertz CT molecular complexity index is 869. The fraction of sp³-hybridized carbons (Fsp3) is 0.250. The highest BCUT2D eigenvalue weighted by Gasteiger charge is 2.26. The quantitative estimate of drug-likeness (QED) is 0.704. The molecule has 0 saturated heterocycles. The zero-order valence-corrected chi connectivity index (χ0v) is 15.0. The van der Waals surface area contributed by atoms with Gasteiger partial charge in [-0.05, 0) is 25.0 Å². The first-order valence-electron chi connectivity index (χ1n) is 7.59. The van der Waals surface area contributed by atoms with Crippen molar-refractivity contribution in [2.45, 2.75) is 25.3 Å². The van der Waals surface area contributed by atoms with Crippen molar-refractivity contribution >= 4 is 38.3 Å². The van der Waals surface area contributed by atoms with Gasteiger partial charge in [0.15, 0.2) is 5.13 Å². The fourth-order valence-electron chi connectivity index (χ4n) is 2.35. The van der Waals surface area contributed by atoms with Gasteiger partial charge in [0.25, 0.3) is 0 Å². The van der Waals surface area contributed by atoms with Gasteiger partial charge in [0.05, 0.1) is 11.4 Å². The lowest BCUT2D eigenvalue weighted by molar-refractivity contribution is -0.116. The second kappa shape index (κ2) is 6.45. The summed E-state index contributed by atoms with van der Waals surface area (Å²) in [6.45, 7) is 0.146. The molecule has 2 aromatic heterocycles. The molecule has 1 amide bonds. The predicted octanol–water partition coefficient (Wildman–Crippen LogP) is 3.68. The van der Waals surface area contributed by atoms with Crippen molar-refractivity contribution in [1.82, 2.24) is 20.0 Å². The minimum atomic E-state index is -0.154. The van der Waals surface area contributed by atoms with E-state index in [1.165, 1.54) is 24.2 Å². The molecule has 0 spiro atoms. The van der Waals surface area contributed by atoms with Crippen molar-refractivity contribution < 1.29 is 4.79 Å². The number of hydrogen-bond acceptors (Lipinski definition) is 5. The topological polar surface area (TPSA) is 72.7 Å². The maximum absolute atomic E-state index is 12.1. The van der Waals surface area contributed by atoms with E-state index < -0.39 is 0 Å². The van der Waals surface area contributed by atoms with Crippen LogP contribution in [0.3, 0.4) is 0 Å². The number of nitrogens with one attached hydrogen (secondary N) is 1. The average Bonchev–Trinajstić information content (AvgIpc) is 3.14. The molecule has 0 aliphatic heterocycles. The molecule has 1 aromatic carbocycles. The number of hydrogen-bond donors (Lipinski definition) is 1. The van der Waals surface area contributed by atoms with Crippen LogP contribution in [0.5, 0.6) is 0 Å². The van der Waals surface area contributed by atoms with E-state index in [4.69, 9.17) is 0 Å². The second-order valence-electron chi connectivity index (χ2n) is 5.71. The Morgan fingerprint density at radius 2 is 2.12 bits per heavy atom. The summed E-state index contributed by atoms with van der Waals surface area (Å²) in [7, 11) is 0. The Kier molecular flexibility index (Phi) is 4.15. The molecular formula is C16H14BrN5OS. The van der Waals surface area contributed by atoms with Crippen LogP contribution in [0.1, 0.15) is 24.5 Å². The minimum Gasteiger partial charge on any atom is -0.300 e. The average molecular weight is 404 g/mol. The van der Waals surface area contributed by atoms with Crippen LogP contribution in [0.15, 0.2) is 40.3 Å². The number of halogens is 1. The summed E-state index contributed by atoms with van der Waals surface area (Å²) in [5.41, 5.74) is 2.84. The Morgan fingerprint density at radius 1 is 1.33 bits per heavy atom. The molecule has 1 N–H and O–H groups in total.